The fraction of sp³-hybridized carbons (Fsp3) is 0.0204. The molecule has 0 aromatic heterocycles. The second kappa shape index (κ2) is 15.7. The first-order valence-electron chi connectivity index (χ1n) is 18.1. The molecule has 0 fully saturated rings. The fourth-order valence-electron chi connectivity index (χ4n) is 7.67. The summed E-state index contributed by atoms with van der Waals surface area (Å²) in [5, 5.41) is 4.58. The molecule has 0 heterocycles. The Hall–Kier alpha value is -4.82. The number of hydrogen-bond acceptors (Lipinski definition) is 2. The summed E-state index contributed by atoms with van der Waals surface area (Å²) in [5.41, 5.74) is 5.95. The van der Waals surface area contributed by atoms with Gasteiger partial charge in [0.05, 0.1) is 5.41 Å². The number of hydrogen-bond donors (Lipinski definition) is 0. The minimum atomic E-state index is -1.22. The van der Waals surface area contributed by atoms with E-state index >= 15 is 0 Å². The molecule has 8 aromatic rings. The molecular weight excluding hydrogens is 842 g/mol. The van der Waals surface area contributed by atoms with Crippen molar-refractivity contribution < 1.29 is 9.05 Å². The molecule has 0 radical (unpaired) electrons. The molecule has 1 aliphatic carbocycles. The van der Waals surface area contributed by atoms with Gasteiger partial charge in [-0.15, -0.1) is 0 Å². The predicted molar refractivity (Wildman–Crippen MR) is 239 cm³/mol. The summed E-state index contributed by atoms with van der Waals surface area (Å²) in [6.45, 7) is 0. The first-order valence-corrected chi connectivity index (χ1v) is 22.2. The molecular formula is C49H34Br2O2P2. The molecule has 6 heteroatoms. The molecule has 0 amide bonds. The maximum absolute atomic E-state index is 7.43. The Morgan fingerprint density at radius 1 is 0.327 bits per heavy atom. The topological polar surface area (TPSA) is 18.5 Å². The zero-order valence-electron chi connectivity index (χ0n) is 29.6. The van der Waals surface area contributed by atoms with Crippen molar-refractivity contribution in [2.24, 2.45) is 0 Å². The van der Waals surface area contributed by atoms with Crippen molar-refractivity contribution in [3.8, 4) is 22.6 Å². The van der Waals surface area contributed by atoms with E-state index in [2.05, 4.69) is 238 Å². The highest BCUT2D eigenvalue weighted by Gasteiger charge is 2.50. The van der Waals surface area contributed by atoms with Crippen molar-refractivity contribution in [1.29, 1.82) is 0 Å². The van der Waals surface area contributed by atoms with Crippen LogP contribution in [0.4, 0.5) is 0 Å². The van der Waals surface area contributed by atoms with E-state index in [1.54, 1.807) is 0 Å². The molecule has 9 rings (SSSR count). The van der Waals surface area contributed by atoms with Crippen LogP contribution in [0, 0.1) is 0 Å². The second-order valence-electron chi connectivity index (χ2n) is 13.2. The number of benzene rings is 8. The molecule has 0 N–H and O–H groups in total. The van der Waals surface area contributed by atoms with Gasteiger partial charge in [0.25, 0.3) is 0 Å². The lowest BCUT2D eigenvalue weighted by atomic mass is 9.67. The highest BCUT2D eigenvalue weighted by Crippen LogP contribution is 2.61. The first-order chi connectivity index (χ1) is 27.1. The molecule has 55 heavy (non-hydrogen) atoms. The number of fused-ring (bicyclic) bond motifs is 3. The maximum atomic E-state index is 7.43. The highest BCUT2D eigenvalue weighted by atomic mass is 79.9. The average molecular weight is 877 g/mol. The van der Waals surface area contributed by atoms with Gasteiger partial charge in [-0.1, -0.05) is 202 Å². The number of rotatable bonds is 10. The monoisotopic (exact) mass is 874 g/mol. The van der Waals surface area contributed by atoms with E-state index in [1.165, 1.54) is 11.1 Å². The van der Waals surface area contributed by atoms with Gasteiger partial charge in [-0.3, -0.25) is 0 Å². The van der Waals surface area contributed by atoms with Crippen LogP contribution < -0.4 is 30.3 Å². The van der Waals surface area contributed by atoms with E-state index in [0.29, 0.717) is 0 Å². The Morgan fingerprint density at radius 2 is 0.636 bits per heavy atom. The molecule has 2 nitrogen and oxygen atoms in total. The normalized spacial score (nSPS) is 12.7. The van der Waals surface area contributed by atoms with E-state index in [4.69, 9.17) is 9.05 Å². The molecule has 0 saturated carbocycles. The van der Waals surface area contributed by atoms with Crippen molar-refractivity contribution in [1.82, 2.24) is 0 Å². The number of halogens is 2. The van der Waals surface area contributed by atoms with Gasteiger partial charge >= 0.3 is 0 Å². The van der Waals surface area contributed by atoms with Crippen LogP contribution in [0.15, 0.2) is 215 Å². The molecule has 0 saturated heterocycles. The Balaban J connectivity index is 1.32. The third kappa shape index (κ3) is 6.77. The van der Waals surface area contributed by atoms with Gasteiger partial charge in [-0.05, 0) is 58.7 Å². The first kappa shape index (κ1) is 35.9. The van der Waals surface area contributed by atoms with Crippen molar-refractivity contribution in [3.05, 3.63) is 237 Å². The summed E-state index contributed by atoms with van der Waals surface area (Å²) in [4.78, 5) is 0. The zero-order valence-corrected chi connectivity index (χ0v) is 34.6. The minimum absolute atomic E-state index is 0.822. The summed E-state index contributed by atoms with van der Waals surface area (Å²) >= 11 is 7.79. The highest BCUT2D eigenvalue weighted by molar-refractivity contribution is 9.10. The van der Waals surface area contributed by atoms with Crippen LogP contribution in [0.2, 0.25) is 0 Å². The number of para-hydroxylation sites is 2. The van der Waals surface area contributed by atoms with Gasteiger partial charge in [0.1, 0.15) is 11.5 Å². The molecule has 8 aromatic carbocycles. The predicted octanol–water partition coefficient (Wildman–Crippen LogP) is 12.4. The van der Waals surface area contributed by atoms with Gasteiger partial charge in [0.15, 0.2) is 16.3 Å². The van der Waals surface area contributed by atoms with Gasteiger partial charge in [-0.2, -0.15) is 0 Å². The van der Waals surface area contributed by atoms with Crippen LogP contribution in [-0.4, -0.2) is 0 Å². The van der Waals surface area contributed by atoms with Crippen LogP contribution in [-0.2, 0) is 5.41 Å². The fourth-order valence-corrected chi connectivity index (χ4v) is 11.9. The lowest BCUT2D eigenvalue weighted by Gasteiger charge is -2.37. The van der Waals surface area contributed by atoms with Crippen molar-refractivity contribution in [2.75, 3.05) is 0 Å². The standard InChI is InChI=1S/C49H34Br2O2P2/c50-35-29-31-41-42-32-30-36(51)34-46(42)49(45(41)33-35,43-25-13-15-27-47(43)52-54(37-17-5-1-6-18-37)38-19-7-2-8-20-38)44-26-14-16-28-48(44)53-55(39-21-9-3-10-22-39)40-23-11-4-12-24-40/h1-34H. The van der Waals surface area contributed by atoms with E-state index in [9.17, 15) is 0 Å². The van der Waals surface area contributed by atoms with Crippen LogP contribution in [0.5, 0.6) is 11.5 Å². The minimum Gasteiger partial charge on any atom is -0.464 e. The van der Waals surface area contributed by atoms with Gasteiger partial charge in [-0.25, -0.2) is 0 Å². The van der Waals surface area contributed by atoms with Crippen LogP contribution >= 0.6 is 48.2 Å². The summed E-state index contributed by atoms with van der Waals surface area (Å²) in [7, 11) is -2.45. The largest absolute Gasteiger partial charge is 0.464 e. The quantitative estimate of drug-likeness (QED) is 0.127. The van der Waals surface area contributed by atoms with Crippen molar-refractivity contribution >= 4 is 69.4 Å². The lowest BCUT2D eigenvalue weighted by molar-refractivity contribution is 0.577. The third-order valence-corrected chi connectivity index (χ3v) is 14.8. The van der Waals surface area contributed by atoms with E-state index in [0.717, 1.165) is 63.9 Å². The summed E-state index contributed by atoms with van der Waals surface area (Å²) in [6.07, 6.45) is 0. The van der Waals surface area contributed by atoms with Crippen LogP contribution in [0.25, 0.3) is 11.1 Å². The Morgan fingerprint density at radius 3 is 0.982 bits per heavy atom. The third-order valence-electron chi connectivity index (χ3n) is 9.99. The maximum Gasteiger partial charge on any atom is 0.150 e. The second-order valence-corrected chi connectivity index (χ2v) is 18.7. The average Bonchev–Trinajstić information content (AvgIpc) is 3.52. The van der Waals surface area contributed by atoms with Crippen molar-refractivity contribution in [2.45, 2.75) is 5.41 Å². The SMILES string of the molecule is Brc1ccc2c(c1)C(c1ccccc1OP(c1ccccc1)c1ccccc1)(c1ccccc1OP(c1ccccc1)c1ccccc1)c1cc(Br)ccc1-2. The smallest absolute Gasteiger partial charge is 0.150 e. The molecule has 0 spiro atoms. The van der Waals surface area contributed by atoms with Gasteiger partial charge in [0, 0.05) is 41.3 Å². The molecule has 0 bridgehead atoms. The Labute approximate surface area is 341 Å². The molecule has 0 aliphatic heterocycles. The summed E-state index contributed by atoms with van der Waals surface area (Å²) in [5.74, 6) is 1.64. The molecule has 266 valence electrons. The van der Waals surface area contributed by atoms with Gasteiger partial charge < -0.3 is 9.05 Å². The van der Waals surface area contributed by atoms with Crippen molar-refractivity contribution in [3.63, 3.8) is 0 Å². The zero-order chi connectivity index (χ0) is 37.2. The van der Waals surface area contributed by atoms with E-state index in [1.807, 2.05) is 0 Å². The van der Waals surface area contributed by atoms with Crippen LogP contribution in [0.3, 0.4) is 0 Å². The lowest BCUT2D eigenvalue weighted by Crippen LogP contribution is -2.30. The summed E-state index contributed by atoms with van der Waals surface area (Å²) in [6, 6.07) is 72.8. The summed E-state index contributed by atoms with van der Waals surface area (Å²) < 4.78 is 16.9. The molecule has 1 aliphatic rings. The van der Waals surface area contributed by atoms with E-state index < -0.39 is 21.7 Å². The Kier molecular flexibility index (Phi) is 10.3. The molecule has 0 unspecified atom stereocenters. The van der Waals surface area contributed by atoms with Gasteiger partial charge in [0.2, 0.25) is 0 Å². The molecule has 0 atom stereocenters. The van der Waals surface area contributed by atoms with Crippen LogP contribution in [0.1, 0.15) is 22.3 Å². The van der Waals surface area contributed by atoms with E-state index in [-0.39, 0.29) is 0 Å². The Bertz CT molecular complexity index is 2320.